The second-order valence-corrected chi connectivity index (χ2v) is 4.00. The van der Waals surface area contributed by atoms with Crippen LogP contribution in [0.3, 0.4) is 0 Å². The van der Waals surface area contributed by atoms with Gasteiger partial charge in [-0.15, -0.1) is 0 Å². The Labute approximate surface area is 106 Å². The molecule has 3 N–H and O–H groups in total. The minimum absolute atomic E-state index is 0.0455. The van der Waals surface area contributed by atoms with Crippen molar-refractivity contribution in [3.63, 3.8) is 0 Å². The first kappa shape index (κ1) is 13.4. The SMILES string of the molecule is NCc1cc(C(F)(F)F)ccc1-c1cccc(=O)[nH]1. The highest BCUT2D eigenvalue weighted by atomic mass is 19.4. The van der Waals surface area contributed by atoms with Crippen LogP contribution in [-0.4, -0.2) is 4.98 Å². The Morgan fingerprint density at radius 1 is 1.16 bits per heavy atom. The van der Waals surface area contributed by atoms with E-state index < -0.39 is 11.7 Å². The van der Waals surface area contributed by atoms with Crippen molar-refractivity contribution in [2.45, 2.75) is 12.7 Å². The van der Waals surface area contributed by atoms with Crippen LogP contribution in [0.5, 0.6) is 0 Å². The van der Waals surface area contributed by atoms with Gasteiger partial charge in [-0.05, 0) is 23.8 Å². The predicted molar refractivity (Wildman–Crippen MR) is 65.4 cm³/mol. The maximum atomic E-state index is 12.6. The number of aromatic nitrogens is 1. The highest BCUT2D eigenvalue weighted by molar-refractivity contribution is 5.64. The molecule has 1 aromatic carbocycles. The topological polar surface area (TPSA) is 58.9 Å². The monoisotopic (exact) mass is 268 g/mol. The van der Waals surface area contributed by atoms with Crippen molar-refractivity contribution in [2.24, 2.45) is 5.73 Å². The summed E-state index contributed by atoms with van der Waals surface area (Å²) in [7, 11) is 0. The van der Waals surface area contributed by atoms with E-state index in [9.17, 15) is 18.0 Å². The molecular formula is C13H11F3N2O. The van der Waals surface area contributed by atoms with Crippen LogP contribution in [0.4, 0.5) is 13.2 Å². The van der Waals surface area contributed by atoms with Gasteiger partial charge in [-0.3, -0.25) is 4.79 Å². The molecule has 0 unspecified atom stereocenters. The maximum absolute atomic E-state index is 12.6. The highest BCUT2D eigenvalue weighted by Crippen LogP contribution is 2.32. The zero-order valence-corrected chi connectivity index (χ0v) is 9.79. The Morgan fingerprint density at radius 3 is 2.47 bits per heavy atom. The Balaban J connectivity index is 2.56. The molecule has 2 aromatic rings. The van der Waals surface area contributed by atoms with Crippen LogP contribution in [0.25, 0.3) is 11.3 Å². The fourth-order valence-electron chi connectivity index (χ4n) is 1.81. The maximum Gasteiger partial charge on any atom is 0.416 e. The van der Waals surface area contributed by atoms with Crippen molar-refractivity contribution in [1.29, 1.82) is 0 Å². The smallest absolute Gasteiger partial charge is 0.326 e. The molecule has 0 amide bonds. The van der Waals surface area contributed by atoms with Crippen LogP contribution in [0, 0.1) is 0 Å². The highest BCUT2D eigenvalue weighted by Gasteiger charge is 2.30. The normalized spacial score (nSPS) is 11.6. The Hall–Kier alpha value is -2.08. The van der Waals surface area contributed by atoms with Gasteiger partial charge in [0.1, 0.15) is 0 Å². The first-order chi connectivity index (χ1) is 8.91. The van der Waals surface area contributed by atoms with Gasteiger partial charge in [0.15, 0.2) is 0 Å². The lowest BCUT2D eigenvalue weighted by Crippen LogP contribution is -2.09. The number of H-pyrrole nitrogens is 1. The third-order valence-corrected chi connectivity index (χ3v) is 2.71. The summed E-state index contributed by atoms with van der Waals surface area (Å²) >= 11 is 0. The third kappa shape index (κ3) is 2.85. The van der Waals surface area contributed by atoms with Crippen molar-refractivity contribution >= 4 is 0 Å². The summed E-state index contributed by atoms with van der Waals surface area (Å²) in [6.45, 7) is -0.0455. The van der Waals surface area contributed by atoms with Crippen LogP contribution in [0.2, 0.25) is 0 Å². The molecule has 1 heterocycles. The summed E-state index contributed by atoms with van der Waals surface area (Å²) in [5.74, 6) is 0. The van der Waals surface area contributed by atoms with Crippen LogP contribution < -0.4 is 11.3 Å². The number of nitrogens with one attached hydrogen (secondary N) is 1. The molecule has 0 spiro atoms. The summed E-state index contributed by atoms with van der Waals surface area (Å²) in [6.07, 6.45) is -4.41. The van der Waals surface area contributed by atoms with Crippen molar-refractivity contribution in [1.82, 2.24) is 4.98 Å². The van der Waals surface area contributed by atoms with E-state index in [1.54, 1.807) is 6.07 Å². The molecule has 0 radical (unpaired) electrons. The van der Waals surface area contributed by atoms with Gasteiger partial charge in [0.25, 0.3) is 0 Å². The van der Waals surface area contributed by atoms with Gasteiger partial charge in [0.2, 0.25) is 5.56 Å². The van der Waals surface area contributed by atoms with Crippen LogP contribution in [0.1, 0.15) is 11.1 Å². The standard InChI is InChI=1S/C13H11F3N2O/c14-13(15,16)9-4-5-10(8(6-9)7-17)11-2-1-3-12(19)18-11/h1-6H,7,17H2,(H,18,19). The molecule has 19 heavy (non-hydrogen) atoms. The number of hydrogen-bond donors (Lipinski definition) is 2. The van der Waals surface area contributed by atoms with E-state index in [0.29, 0.717) is 16.8 Å². The average molecular weight is 268 g/mol. The molecular weight excluding hydrogens is 257 g/mol. The molecule has 0 saturated heterocycles. The molecule has 1 aromatic heterocycles. The largest absolute Gasteiger partial charge is 0.416 e. The summed E-state index contributed by atoms with van der Waals surface area (Å²) in [5.41, 5.74) is 5.68. The first-order valence-electron chi connectivity index (χ1n) is 5.51. The Kier molecular flexibility index (Phi) is 3.44. The molecule has 0 bridgehead atoms. The Morgan fingerprint density at radius 2 is 1.89 bits per heavy atom. The van der Waals surface area contributed by atoms with Crippen LogP contribution >= 0.6 is 0 Å². The minimum atomic E-state index is -4.41. The number of alkyl halides is 3. The van der Waals surface area contributed by atoms with Gasteiger partial charge >= 0.3 is 6.18 Å². The van der Waals surface area contributed by atoms with E-state index in [0.717, 1.165) is 12.1 Å². The fraction of sp³-hybridized carbons (Fsp3) is 0.154. The van der Waals surface area contributed by atoms with Gasteiger partial charge in [-0.1, -0.05) is 12.1 Å². The van der Waals surface area contributed by atoms with Gasteiger partial charge < -0.3 is 10.7 Å². The number of rotatable bonds is 2. The second-order valence-electron chi connectivity index (χ2n) is 4.00. The van der Waals surface area contributed by atoms with E-state index >= 15 is 0 Å². The van der Waals surface area contributed by atoms with Gasteiger partial charge in [-0.2, -0.15) is 13.2 Å². The minimum Gasteiger partial charge on any atom is -0.326 e. The lowest BCUT2D eigenvalue weighted by atomic mass is 10.0. The van der Waals surface area contributed by atoms with Crippen LogP contribution in [0.15, 0.2) is 41.2 Å². The van der Waals surface area contributed by atoms with E-state index in [1.807, 2.05) is 0 Å². The van der Waals surface area contributed by atoms with E-state index in [2.05, 4.69) is 4.98 Å². The van der Waals surface area contributed by atoms with E-state index in [-0.39, 0.29) is 12.1 Å². The van der Waals surface area contributed by atoms with Crippen LogP contribution in [-0.2, 0) is 12.7 Å². The fourth-order valence-corrected chi connectivity index (χ4v) is 1.81. The van der Waals surface area contributed by atoms with Crippen molar-refractivity contribution in [2.75, 3.05) is 0 Å². The first-order valence-corrected chi connectivity index (χ1v) is 5.51. The lowest BCUT2D eigenvalue weighted by Gasteiger charge is -2.12. The summed E-state index contributed by atoms with van der Waals surface area (Å²) in [5, 5.41) is 0. The van der Waals surface area contributed by atoms with Gasteiger partial charge in [0, 0.05) is 23.9 Å². The number of hydrogen-bond acceptors (Lipinski definition) is 2. The molecule has 3 nitrogen and oxygen atoms in total. The quantitative estimate of drug-likeness (QED) is 0.879. The van der Waals surface area contributed by atoms with E-state index in [4.69, 9.17) is 5.73 Å². The molecule has 2 rings (SSSR count). The van der Waals surface area contributed by atoms with Crippen molar-refractivity contribution in [3.8, 4) is 11.3 Å². The lowest BCUT2D eigenvalue weighted by molar-refractivity contribution is -0.137. The molecule has 0 saturated carbocycles. The summed E-state index contributed by atoms with van der Waals surface area (Å²) < 4.78 is 37.8. The van der Waals surface area contributed by atoms with Gasteiger partial charge in [-0.25, -0.2) is 0 Å². The predicted octanol–water partition coefficient (Wildman–Crippen LogP) is 2.52. The molecule has 0 aliphatic carbocycles. The zero-order chi connectivity index (χ0) is 14.0. The molecule has 100 valence electrons. The molecule has 0 atom stereocenters. The second kappa shape index (κ2) is 4.89. The molecule has 0 fully saturated rings. The average Bonchev–Trinajstić information content (AvgIpc) is 2.37. The summed E-state index contributed by atoms with van der Waals surface area (Å²) in [4.78, 5) is 13.8. The third-order valence-electron chi connectivity index (χ3n) is 2.71. The van der Waals surface area contributed by atoms with E-state index in [1.165, 1.54) is 18.2 Å². The molecule has 0 aliphatic heterocycles. The number of nitrogens with two attached hydrogens (primary N) is 1. The number of aromatic amines is 1. The zero-order valence-electron chi connectivity index (χ0n) is 9.79. The van der Waals surface area contributed by atoms with Crippen molar-refractivity contribution in [3.05, 3.63) is 57.9 Å². The number of benzene rings is 1. The van der Waals surface area contributed by atoms with Crippen molar-refractivity contribution < 1.29 is 13.2 Å². The van der Waals surface area contributed by atoms with Gasteiger partial charge in [0.05, 0.1) is 5.56 Å². The number of pyridine rings is 1. The molecule has 0 aliphatic rings. The molecule has 6 heteroatoms. The number of halogens is 3. The Bertz CT molecular complexity index is 647. The summed E-state index contributed by atoms with van der Waals surface area (Å²) in [6, 6.07) is 7.77.